The van der Waals surface area contributed by atoms with E-state index in [0.29, 0.717) is 18.0 Å². The molecule has 3 heterocycles. The number of fused-ring (bicyclic) bond motifs is 1. The number of rotatable bonds is 2. The minimum absolute atomic E-state index is 0.485. The Labute approximate surface area is 128 Å². The standard InChI is InChI=1S/C14H22N6S/c1-8-6-20(7-9(2)19(8)4)12-11-5-10(3)21-13(11)17-14(16-12)18-15/h5,8-9H,6-7,15H2,1-4H3,(H,16,17,18). The number of anilines is 2. The first-order valence-corrected chi connectivity index (χ1v) is 8.03. The van der Waals surface area contributed by atoms with Gasteiger partial charge in [0.1, 0.15) is 10.6 Å². The van der Waals surface area contributed by atoms with Crippen LogP contribution in [0, 0.1) is 6.92 Å². The predicted molar refractivity (Wildman–Crippen MR) is 88.9 cm³/mol. The van der Waals surface area contributed by atoms with Gasteiger partial charge in [-0.05, 0) is 33.9 Å². The molecule has 1 fully saturated rings. The van der Waals surface area contributed by atoms with Gasteiger partial charge in [-0.2, -0.15) is 4.98 Å². The Bertz CT molecular complexity index is 642. The molecule has 3 N–H and O–H groups in total. The summed E-state index contributed by atoms with van der Waals surface area (Å²) in [7, 11) is 2.18. The molecule has 7 heteroatoms. The normalized spacial score (nSPS) is 23.8. The summed E-state index contributed by atoms with van der Waals surface area (Å²) in [4.78, 5) is 16.1. The van der Waals surface area contributed by atoms with Crippen molar-refractivity contribution in [3.05, 3.63) is 10.9 Å². The molecule has 0 aromatic carbocycles. The summed E-state index contributed by atoms with van der Waals surface area (Å²) in [5.41, 5.74) is 2.59. The van der Waals surface area contributed by atoms with Gasteiger partial charge in [-0.1, -0.05) is 0 Å². The highest BCUT2D eigenvalue weighted by Gasteiger charge is 2.28. The number of aromatic nitrogens is 2. The maximum Gasteiger partial charge on any atom is 0.240 e. The Kier molecular flexibility index (Phi) is 3.73. The van der Waals surface area contributed by atoms with Crippen molar-refractivity contribution in [2.24, 2.45) is 5.84 Å². The number of nitrogen functional groups attached to an aromatic ring is 1. The maximum atomic E-state index is 5.53. The molecule has 1 aliphatic heterocycles. The quantitative estimate of drug-likeness (QED) is 0.651. The topological polar surface area (TPSA) is 70.3 Å². The third-order valence-electron chi connectivity index (χ3n) is 4.28. The fourth-order valence-corrected chi connectivity index (χ4v) is 3.78. The lowest BCUT2D eigenvalue weighted by Crippen LogP contribution is -2.55. The largest absolute Gasteiger partial charge is 0.353 e. The van der Waals surface area contributed by atoms with E-state index >= 15 is 0 Å². The highest BCUT2D eigenvalue weighted by Crippen LogP contribution is 2.33. The van der Waals surface area contributed by atoms with Gasteiger partial charge in [0, 0.05) is 30.1 Å². The van der Waals surface area contributed by atoms with Crippen LogP contribution in [0.4, 0.5) is 11.8 Å². The highest BCUT2D eigenvalue weighted by molar-refractivity contribution is 7.18. The number of hydrazine groups is 1. The minimum Gasteiger partial charge on any atom is -0.353 e. The summed E-state index contributed by atoms with van der Waals surface area (Å²) in [6.07, 6.45) is 0. The van der Waals surface area contributed by atoms with Crippen LogP contribution in [-0.2, 0) is 0 Å². The molecule has 21 heavy (non-hydrogen) atoms. The van der Waals surface area contributed by atoms with E-state index < -0.39 is 0 Å². The second-order valence-electron chi connectivity index (χ2n) is 5.86. The average molecular weight is 306 g/mol. The molecule has 114 valence electrons. The number of likely N-dealkylation sites (N-methyl/N-ethyl adjacent to an activating group) is 1. The van der Waals surface area contributed by atoms with E-state index in [2.05, 4.69) is 59.1 Å². The molecule has 0 saturated carbocycles. The summed E-state index contributed by atoms with van der Waals surface area (Å²) in [5.74, 6) is 7.00. The van der Waals surface area contributed by atoms with Crippen LogP contribution < -0.4 is 16.2 Å². The SMILES string of the molecule is Cc1cc2c(N3CC(C)N(C)C(C)C3)nc(NN)nc2s1. The lowest BCUT2D eigenvalue weighted by atomic mass is 10.1. The molecule has 0 amide bonds. The molecule has 0 bridgehead atoms. The molecule has 1 aliphatic rings. The molecular weight excluding hydrogens is 284 g/mol. The Morgan fingerprint density at radius 2 is 1.95 bits per heavy atom. The third-order valence-corrected chi connectivity index (χ3v) is 5.23. The summed E-state index contributed by atoms with van der Waals surface area (Å²) in [5, 5.41) is 1.13. The van der Waals surface area contributed by atoms with Crippen LogP contribution in [0.15, 0.2) is 6.07 Å². The van der Waals surface area contributed by atoms with E-state index in [9.17, 15) is 0 Å². The van der Waals surface area contributed by atoms with E-state index in [1.54, 1.807) is 11.3 Å². The number of nitrogens with zero attached hydrogens (tertiary/aromatic N) is 4. The molecule has 2 unspecified atom stereocenters. The van der Waals surface area contributed by atoms with Gasteiger partial charge in [0.15, 0.2) is 0 Å². The van der Waals surface area contributed by atoms with Gasteiger partial charge in [-0.3, -0.25) is 10.3 Å². The van der Waals surface area contributed by atoms with Gasteiger partial charge in [0.25, 0.3) is 0 Å². The van der Waals surface area contributed by atoms with Crippen LogP contribution in [0.1, 0.15) is 18.7 Å². The zero-order chi connectivity index (χ0) is 15.1. The van der Waals surface area contributed by atoms with Gasteiger partial charge < -0.3 is 4.90 Å². The molecule has 2 aromatic rings. The van der Waals surface area contributed by atoms with E-state index in [4.69, 9.17) is 5.84 Å². The van der Waals surface area contributed by atoms with Crippen LogP contribution in [0.2, 0.25) is 0 Å². The average Bonchev–Trinajstić information content (AvgIpc) is 2.83. The van der Waals surface area contributed by atoms with Crippen LogP contribution in [-0.4, -0.2) is 47.1 Å². The Morgan fingerprint density at radius 1 is 1.29 bits per heavy atom. The first-order chi connectivity index (χ1) is 9.99. The summed E-state index contributed by atoms with van der Waals surface area (Å²) in [6.45, 7) is 8.53. The Morgan fingerprint density at radius 3 is 2.57 bits per heavy atom. The van der Waals surface area contributed by atoms with Gasteiger partial charge >= 0.3 is 0 Å². The van der Waals surface area contributed by atoms with E-state index in [1.807, 2.05) is 0 Å². The number of piperazine rings is 1. The molecule has 2 aromatic heterocycles. The first-order valence-electron chi connectivity index (χ1n) is 7.21. The van der Waals surface area contributed by atoms with E-state index in [1.165, 1.54) is 4.88 Å². The van der Waals surface area contributed by atoms with Crippen molar-refractivity contribution in [1.29, 1.82) is 0 Å². The zero-order valence-corrected chi connectivity index (χ0v) is 13.7. The van der Waals surface area contributed by atoms with E-state index in [0.717, 1.165) is 29.1 Å². The number of thiophene rings is 1. The zero-order valence-electron chi connectivity index (χ0n) is 12.9. The predicted octanol–water partition coefficient (Wildman–Crippen LogP) is 1.81. The van der Waals surface area contributed by atoms with Crippen molar-refractivity contribution in [1.82, 2.24) is 14.9 Å². The number of nitrogens with one attached hydrogen (secondary N) is 1. The lowest BCUT2D eigenvalue weighted by Gasteiger charge is -2.43. The summed E-state index contributed by atoms with van der Waals surface area (Å²) >= 11 is 1.68. The molecule has 0 spiro atoms. The molecule has 0 radical (unpaired) electrons. The summed E-state index contributed by atoms with van der Waals surface area (Å²) < 4.78 is 0. The van der Waals surface area contributed by atoms with Gasteiger partial charge in [0.2, 0.25) is 5.95 Å². The van der Waals surface area contributed by atoms with Gasteiger partial charge in [-0.25, -0.2) is 10.8 Å². The molecule has 6 nitrogen and oxygen atoms in total. The maximum absolute atomic E-state index is 5.53. The van der Waals surface area contributed by atoms with Crippen LogP contribution >= 0.6 is 11.3 Å². The monoisotopic (exact) mass is 306 g/mol. The molecule has 1 saturated heterocycles. The number of hydrogen-bond acceptors (Lipinski definition) is 7. The fourth-order valence-electron chi connectivity index (χ4n) is 2.91. The van der Waals surface area contributed by atoms with Crippen LogP contribution in [0.25, 0.3) is 10.2 Å². The third kappa shape index (κ3) is 2.56. The van der Waals surface area contributed by atoms with Gasteiger partial charge in [-0.15, -0.1) is 11.3 Å². The summed E-state index contributed by atoms with van der Waals surface area (Å²) in [6, 6.07) is 3.16. The lowest BCUT2D eigenvalue weighted by molar-refractivity contribution is 0.170. The minimum atomic E-state index is 0.485. The second kappa shape index (κ2) is 5.40. The number of nitrogens with two attached hydrogens (primary N) is 1. The Hall–Kier alpha value is -1.44. The van der Waals surface area contributed by atoms with Crippen molar-refractivity contribution >= 4 is 33.3 Å². The van der Waals surface area contributed by atoms with Crippen molar-refractivity contribution < 1.29 is 0 Å². The molecule has 3 rings (SSSR count). The first kappa shape index (κ1) is 14.5. The van der Waals surface area contributed by atoms with Crippen LogP contribution in [0.3, 0.4) is 0 Å². The van der Waals surface area contributed by atoms with Crippen molar-refractivity contribution in [2.75, 3.05) is 30.5 Å². The van der Waals surface area contributed by atoms with Crippen LogP contribution in [0.5, 0.6) is 0 Å². The Balaban J connectivity index is 2.06. The molecular formula is C14H22N6S. The molecule has 0 aliphatic carbocycles. The number of aryl methyl sites for hydroxylation is 1. The smallest absolute Gasteiger partial charge is 0.240 e. The van der Waals surface area contributed by atoms with Gasteiger partial charge in [0.05, 0.1) is 5.39 Å². The number of hydrogen-bond donors (Lipinski definition) is 2. The fraction of sp³-hybridized carbons (Fsp3) is 0.571. The second-order valence-corrected chi connectivity index (χ2v) is 7.09. The molecule has 2 atom stereocenters. The highest BCUT2D eigenvalue weighted by atomic mass is 32.1. The van der Waals surface area contributed by atoms with E-state index in [-0.39, 0.29) is 0 Å². The van der Waals surface area contributed by atoms with Crippen molar-refractivity contribution in [3.8, 4) is 0 Å². The van der Waals surface area contributed by atoms with Crippen molar-refractivity contribution in [2.45, 2.75) is 32.9 Å². The van der Waals surface area contributed by atoms with Crippen molar-refractivity contribution in [3.63, 3.8) is 0 Å².